The van der Waals surface area contributed by atoms with Crippen LogP contribution in [0.4, 0.5) is 15.8 Å². The zero-order valence-electron chi connectivity index (χ0n) is 20.6. The van der Waals surface area contributed by atoms with Gasteiger partial charge < -0.3 is 15.3 Å². The SMILES string of the molecule is CS(=O)(=O)Nc1ccc2c(c1)S(=O)(=O)N=C(C1=C(O)[C@@H]3C4CCC(C4)[C@@H]3N(Cc3ccc(F)c(Cl)c3)C1=O)N2. The van der Waals surface area contributed by atoms with Gasteiger partial charge in [-0.3, -0.25) is 9.52 Å². The number of halogens is 2. The maximum Gasteiger partial charge on any atom is 0.286 e. The molecule has 0 radical (unpaired) electrons. The molecule has 2 bridgehead atoms. The second-order valence-electron chi connectivity index (χ2n) is 10.4. The number of sulfonamides is 2. The van der Waals surface area contributed by atoms with Crippen molar-refractivity contribution in [3.63, 3.8) is 0 Å². The zero-order chi connectivity index (χ0) is 27.9. The van der Waals surface area contributed by atoms with Crippen LogP contribution in [0.1, 0.15) is 24.8 Å². The maximum atomic E-state index is 14.0. The minimum atomic E-state index is -4.37. The summed E-state index contributed by atoms with van der Waals surface area (Å²) in [5.74, 6) is -1.76. The van der Waals surface area contributed by atoms with Gasteiger partial charge in [-0.1, -0.05) is 17.7 Å². The van der Waals surface area contributed by atoms with Crippen molar-refractivity contribution in [3.8, 4) is 0 Å². The van der Waals surface area contributed by atoms with Crippen LogP contribution in [0.5, 0.6) is 0 Å². The Labute approximate surface area is 229 Å². The summed E-state index contributed by atoms with van der Waals surface area (Å²) in [5.41, 5.74) is 0.480. The molecule has 2 saturated carbocycles. The summed E-state index contributed by atoms with van der Waals surface area (Å²) in [6.07, 6.45) is 3.56. The predicted molar refractivity (Wildman–Crippen MR) is 143 cm³/mol. The summed E-state index contributed by atoms with van der Waals surface area (Å²) in [5, 5.41) is 14.2. The number of carbonyl (C=O) groups is 1. The molecule has 39 heavy (non-hydrogen) atoms. The van der Waals surface area contributed by atoms with Gasteiger partial charge in [0.25, 0.3) is 15.9 Å². The van der Waals surface area contributed by atoms with Crippen molar-refractivity contribution >= 4 is 54.8 Å². The molecule has 2 aromatic rings. The molecule has 2 unspecified atom stereocenters. The Morgan fingerprint density at radius 3 is 2.67 bits per heavy atom. The first kappa shape index (κ1) is 26.1. The molecule has 1 amide bonds. The van der Waals surface area contributed by atoms with Crippen molar-refractivity contribution in [2.45, 2.75) is 36.7 Å². The molecule has 0 aromatic heterocycles. The second-order valence-corrected chi connectivity index (χ2v) is 14.1. The number of hydrogen-bond acceptors (Lipinski definition) is 7. The average molecular weight is 595 g/mol. The van der Waals surface area contributed by atoms with Crippen molar-refractivity contribution in [1.29, 1.82) is 0 Å². The van der Waals surface area contributed by atoms with Crippen LogP contribution in [0.2, 0.25) is 5.02 Å². The number of fused-ring (bicyclic) bond motifs is 6. The van der Waals surface area contributed by atoms with Crippen LogP contribution in [0.15, 0.2) is 57.0 Å². The average Bonchev–Trinajstić information content (AvgIpc) is 3.46. The number of rotatable bonds is 5. The van der Waals surface area contributed by atoms with Crippen LogP contribution in [-0.2, 0) is 31.4 Å². The van der Waals surface area contributed by atoms with Crippen LogP contribution < -0.4 is 10.0 Å². The van der Waals surface area contributed by atoms with E-state index in [1.165, 1.54) is 30.3 Å². The van der Waals surface area contributed by atoms with E-state index in [0.717, 1.165) is 31.6 Å². The Balaban J connectivity index is 1.41. The molecule has 206 valence electrons. The first-order valence-electron chi connectivity index (χ1n) is 12.2. The predicted octanol–water partition coefficient (Wildman–Crippen LogP) is 3.63. The molecule has 2 aliphatic heterocycles. The number of benzene rings is 2. The van der Waals surface area contributed by atoms with Gasteiger partial charge in [0.15, 0.2) is 5.84 Å². The molecular weight excluding hydrogens is 571 g/mol. The summed E-state index contributed by atoms with van der Waals surface area (Å²) in [4.78, 5) is 15.3. The van der Waals surface area contributed by atoms with Gasteiger partial charge in [-0.25, -0.2) is 12.8 Å². The largest absolute Gasteiger partial charge is 0.511 e. The number of nitrogens with zero attached hydrogens (tertiary/aromatic N) is 2. The Hall–Kier alpha value is -3.16. The van der Waals surface area contributed by atoms with E-state index >= 15 is 0 Å². The summed E-state index contributed by atoms with van der Waals surface area (Å²) in [7, 11) is -8.02. The fourth-order valence-corrected chi connectivity index (χ4v) is 8.34. The fourth-order valence-electron chi connectivity index (χ4n) is 6.43. The first-order valence-corrected chi connectivity index (χ1v) is 16.0. The van der Waals surface area contributed by atoms with E-state index in [0.29, 0.717) is 5.56 Å². The molecule has 2 aliphatic carbocycles. The van der Waals surface area contributed by atoms with Crippen molar-refractivity contribution in [3.05, 3.63) is 64.1 Å². The van der Waals surface area contributed by atoms with Crippen molar-refractivity contribution in [1.82, 2.24) is 4.90 Å². The third kappa shape index (κ3) is 4.45. The Kier molecular flexibility index (Phi) is 5.97. The van der Waals surface area contributed by atoms with Crippen LogP contribution in [0, 0.1) is 23.6 Å². The van der Waals surface area contributed by atoms with Crippen molar-refractivity contribution in [2.24, 2.45) is 22.2 Å². The molecule has 2 fully saturated rings. The number of hydrogen-bond donors (Lipinski definition) is 3. The van der Waals surface area contributed by atoms with Crippen molar-refractivity contribution < 1.29 is 31.1 Å². The number of aliphatic hydroxyl groups excluding tert-OH is 1. The first-order chi connectivity index (χ1) is 18.3. The highest BCUT2D eigenvalue weighted by Crippen LogP contribution is 2.55. The molecule has 2 heterocycles. The highest BCUT2D eigenvalue weighted by atomic mass is 35.5. The number of amidine groups is 1. The lowest BCUT2D eigenvalue weighted by molar-refractivity contribution is -0.134. The van der Waals surface area contributed by atoms with Crippen LogP contribution in [-0.4, -0.2) is 50.9 Å². The summed E-state index contributed by atoms with van der Waals surface area (Å²) >= 11 is 5.98. The molecule has 14 heteroatoms. The molecule has 0 saturated heterocycles. The summed E-state index contributed by atoms with van der Waals surface area (Å²) in [6.45, 7) is 0.0944. The fraction of sp³-hybridized carbons (Fsp3) is 0.360. The maximum absolute atomic E-state index is 14.0. The number of amides is 1. The second kappa shape index (κ2) is 8.93. The lowest BCUT2D eigenvalue weighted by Crippen LogP contribution is -2.53. The molecule has 2 aromatic carbocycles. The van der Waals surface area contributed by atoms with E-state index in [2.05, 4.69) is 14.4 Å². The standard InChI is InChI=1S/C25H24ClFN4O6S2/c1-38(34,35)29-15-5-7-18-19(10-15)39(36,37)30-24(28-18)21-23(32)20-13-3-4-14(9-13)22(20)31(25(21)33)11-12-2-6-17(27)16(26)8-12/h2,5-8,10,13-14,20,22,29,32H,3-4,9,11H2,1H3,(H,28,30)/t13?,14?,20-,22+/m1/s1. The van der Waals surface area contributed by atoms with E-state index < -0.39 is 31.8 Å². The number of anilines is 2. The summed E-state index contributed by atoms with van der Waals surface area (Å²) < 4.78 is 69.4. The van der Waals surface area contributed by atoms with Gasteiger partial charge in [-0.15, -0.1) is 4.40 Å². The number of aliphatic hydroxyl groups is 1. The Morgan fingerprint density at radius 2 is 1.95 bits per heavy atom. The Morgan fingerprint density at radius 1 is 1.21 bits per heavy atom. The van der Waals surface area contributed by atoms with Gasteiger partial charge in [-0.05, 0) is 67.0 Å². The van der Waals surface area contributed by atoms with E-state index in [4.69, 9.17) is 11.6 Å². The molecular formula is C25H24ClFN4O6S2. The minimum Gasteiger partial charge on any atom is -0.511 e. The highest BCUT2D eigenvalue weighted by molar-refractivity contribution is 7.92. The highest BCUT2D eigenvalue weighted by Gasteiger charge is 2.57. The van der Waals surface area contributed by atoms with Crippen LogP contribution in [0.3, 0.4) is 0 Å². The smallest absolute Gasteiger partial charge is 0.286 e. The van der Waals surface area contributed by atoms with Crippen LogP contribution in [0.25, 0.3) is 0 Å². The van der Waals surface area contributed by atoms with Gasteiger partial charge >= 0.3 is 0 Å². The lowest BCUT2D eigenvalue weighted by atomic mass is 9.77. The van der Waals surface area contributed by atoms with E-state index in [1.807, 2.05) is 0 Å². The Bertz CT molecular complexity index is 1710. The monoisotopic (exact) mass is 594 g/mol. The van der Waals surface area contributed by atoms with Crippen molar-refractivity contribution in [2.75, 3.05) is 16.3 Å². The van der Waals surface area contributed by atoms with Gasteiger partial charge in [0, 0.05) is 24.2 Å². The van der Waals surface area contributed by atoms with E-state index in [1.54, 1.807) is 4.90 Å². The minimum absolute atomic E-state index is 0.0324. The molecule has 4 atom stereocenters. The molecule has 10 nitrogen and oxygen atoms in total. The molecule has 0 spiro atoms. The van der Waals surface area contributed by atoms with Gasteiger partial charge in [0.2, 0.25) is 10.0 Å². The third-order valence-electron chi connectivity index (χ3n) is 7.88. The number of nitrogens with one attached hydrogen (secondary N) is 2. The van der Waals surface area contributed by atoms with Gasteiger partial charge in [0.1, 0.15) is 22.0 Å². The zero-order valence-corrected chi connectivity index (χ0v) is 22.9. The number of carbonyl (C=O) groups excluding carboxylic acids is 1. The van der Waals surface area contributed by atoms with E-state index in [9.17, 15) is 31.1 Å². The van der Waals surface area contributed by atoms with Gasteiger partial charge in [-0.2, -0.15) is 8.42 Å². The molecule has 4 aliphatic rings. The third-order valence-corrected chi connectivity index (χ3v) is 10.1. The molecule has 3 N–H and O–H groups in total. The van der Waals surface area contributed by atoms with Gasteiger partial charge in [0.05, 0.1) is 17.0 Å². The van der Waals surface area contributed by atoms with Crippen LogP contribution >= 0.6 is 11.6 Å². The topological polar surface area (TPSA) is 145 Å². The normalized spacial score (nSPS) is 27.1. The molecule has 6 rings (SSSR count). The quantitative estimate of drug-likeness (QED) is 0.479. The van der Waals surface area contributed by atoms with E-state index in [-0.39, 0.29) is 68.8 Å². The summed E-state index contributed by atoms with van der Waals surface area (Å²) in [6, 6.07) is 7.78. The lowest BCUT2D eigenvalue weighted by Gasteiger charge is -2.44.